The maximum Gasteiger partial charge on any atom is 0.519 e. The van der Waals surface area contributed by atoms with Gasteiger partial charge in [0.15, 0.2) is 28.2 Å². The first-order valence-corrected chi connectivity index (χ1v) is 14.8. The molecule has 2 aliphatic rings. The predicted molar refractivity (Wildman–Crippen MR) is 140 cm³/mol. The van der Waals surface area contributed by atoms with Crippen LogP contribution in [-0.4, -0.2) is 72.8 Å². The second-order valence-electron chi connectivity index (χ2n) is 7.81. The number of β-lactam (4-membered cyclic amide) rings is 1. The number of thiazole rings is 1. The zero-order chi connectivity index (χ0) is 27.5. The van der Waals surface area contributed by atoms with Gasteiger partial charge < -0.3 is 23.7 Å². The van der Waals surface area contributed by atoms with Crippen molar-refractivity contribution < 1.29 is 32.8 Å². The molecule has 204 valence electrons. The number of nitrogens with zero attached hydrogens (tertiary/aromatic N) is 5. The van der Waals surface area contributed by atoms with Gasteiger partial charge in [0.2, 0.25) is 0 Å². The van der Waals surface area contributed by atoms with Crippen LogP contribution in [0.2, 0.25) is 0 Å². The average molecular weight is 611 g/mol. The lowest BCUT2D eigenvalue weighted by atomic mass is 10.0. The van der Waals surface area contributed by atoms with Gasteiger partial charge in [-0.25, -0.2) is 19.6 Å². The second kappa shape index (κ2) is 11.7. The molecule has 2 atom stereocenters. The largest absolute Gasteiger partial charge is 0.519 e. The number of nitrogens with one attached hydrogen (secondary N) is 1. The van der Waals surface area contributed by atoms with Gasteiger partial charge in [0.05, 0.1) is 5.51 Å². The number of carbonyl (C=O) groups excluding carboxylic acids is 3. The molecule has 5 rings (SSSR count). The Morgan fingerprint density at radius 2 is 2.15 bits per heavy atom. The van der Waals surface area contributed by atoms with Gasteiger partial charge in [0.25, 0.3) is 11.8 Å². The lowest BCUT2D eigenvalue weighted by molar-refractivity contribution is -0.153. The fraction of sp³-hybridized carbons (Fsp3) is 0.333. The Balaban J connectivity index is 1.35. The van der Waals surface area contributed by atoms with Gasteiger partial charge in [-0.2, -0.15) is 4.37 Å². The van der Waals surface area contributed by atoms with Crippen molar-refractivity contribution in [2.45, 2.75) is 29.3 Å². The number of hydrogen-bond acceptors (Lipinski definition) is 16. The van der Waals surface area contributed by atoms with Crippen LogP contribution in [0.25, 0.3) is 0 Å². The molecule has 14 nitrogen and oxygen atoms in total. The van der Waals surface area contributed by atoms with E-state index in [0.717, 1.165) is 0 Å². The van der Waals surface area contributed by atoms with E-state index in [1.165, 1.54) is 71.7 Å². The highest BCUT2D eigenvalue weighted by Crippen LogP contribution is 2.42. The normalized spacial score (nSPS) is 19.0. The summed E-state index contributed by atoms with van der Waals surface area (Å²) in [4.78, 5) is 65.2. The second-order valence-corrected chi connectivity index (χ2v) is 11.6. The topological polar surface area (TPSA) is 179 Å². The van der Waals surface area contributed by atoms with Crippen LogP contribution in [0.1, 0.15) is 17.2 Å². The van der Waals surface area contributed by atoms with Crippen LogP contribution in [0, 0.1) is 6.92 Å². The summed E-state index contributed by atoms with van der Waals surface area (Å²) in [6, 6.07) is -0.919. The average Bonchev–Trinajstić information content (AvgIpc) is 3.70. The molecular weight excluding hydrogens is 593 g/mol. The SMILES string of the molecule is CO/N=C(\C(=O)NC1C(=O)N2C(C(=O)OCc3oc(=O)oc3C)=C(CSc3ncns3)CS[C@H]12)c1cscn1. The van der Waals surface area contributed by atoms with E-state index in [-0.39, 0.29) is 29.5 Å². The van der Waals surface area contributed by atoms with E-state index >= 15 is 0 Å². The van der Waals surface area contributed by atoms with Crippen molar-refractivity contribution in [1.29, 1.82) is 0 Å². The maximum atomic E-state index is 13.3. The van der Waals surface area contributed by atoms with E-state index in [0.29, 0.717) is 27.1 Å². The Hall–Kier alpha value is -3.48. The molecular formula is C21H18N6O8S4. The van der Waals surface area contributed by atoms with Crippen LogP contribution in [-0.2, 0) is 30.6 Å². The number of carbonyl (C=O) groups is 3. The number of hydrogen-bond donors (Lipinski definition) is 1. The summed E-state index contributed by atoms with van der Waals surface area (Å²) in [6.45, 7) is 1.14. The maximum absolute atomic E-state index is 13.3. The van der Waals surface area contributed by atoms with Crippen molar-refractivity contribution in [3.63, 3.8) is 0 Å². The van der Waals surface area contributed by atoms with Crippen molar-refractivity contribution in [3.8, 4) is 0 Å². The van der Waals surface area contributed by atoms with E-state index in [2.05, 4.69) is 24.8 Å². The third kappa shape index (κ3) is 5.63. The minimum Gasteiger partial charge on any atom is -0.453 e. The van der Waals surface area contributed by atoms with E-state index in [1.54, 1.807) is 10.9 Å². The molecule has 2 amide bonds. The molecule has 18 heteroatoms. The minimum absolute atomic E-state index is 0.0625. The van der Waals surface area contributed by atoms with Gasteiger partial charge in [0, 0.05) is 16.9 Å². The molecule has 0 aliphatic carbocycles. The van der Waals surface area contributed by atoms with Gasteiger partial charge in [0.1, 0.15) is 36.2 Å². The number of aromatic nitrogens is 3. The third-order valence-electron chi connectivity index (χ3n) is 5.48. The molecule has 1 fully saturated rings. The van der Waals surface area contributed by atoms with Gasteiger partial charge in [-0.05, 0) is 24.0 Å². The molecule has 0 radical (unpaired) electrons. The molecule has 3 aromatic heterocycles. The molecule has 1 unspecified atom stereocenters. The van der Waals surface area contributed by atoms with Crippen molar-refractivity contribution in [3.05, 3.63) is 56.3 Å². The van der Waals surface area contributed by atoms with Gasteiger partial charge >= 0.3 is 11.8 Å². The smallest absolute Gasteiger partial charge is 0.453 e. The summed E-state index contributed by atoms with van der Waals surface area (Å²) >= 11 is 5.25. The van der Waals surface area contributed by atoms with Crippen LogP contribution >= 0.6 is 46.4 Å². The number of thioether (sulfide) groups is 2. The number of esters is 1. The molecule has 0 bridgehead atoms. The Kier molecular flexibility index (Phi) is 8.15. The highest BCUT2D eigenvalue weighted by molar-refractivity contribution is 8.01. The van der Waals surface area contributed by atoms with Crippen molar-refractivity contribution in [2.24, 2.45) is 5.16 Å². The Morgan fingerprint density at radius 3 is 2.82 bits per heavy atom. The van der Waals surface area contributed by atoms with E-state index in [9.17, 15) is 19.2 Å². The fourth-order valence-electron chi connectivity index (χ4n) is 3.70. The zero-order valence-corrected chi connectivity index (χ0v) is 23.4. The lowest BCUT2D eigenvalue weighted by Crippen LogP contribution is -2.71. The lowest BCUT2D eigenvalue weighted by Gasteiger charge is -2.49. The number of fused-ring (bicyclic) bond motifs is 1. The van der Waals surface area contributed by atoms with Crippen LogP contribution in [0.3, 0.4) is 0 Å². The van der Waals surface area contributed by atoms with Gasteiger partial charge in [-0.15, -0.1) is 23.1 Å². The number of rotatable bonds is 10. The molecule has 39 heavy (non-hydrogen) atoms. The first kappa shape index (κ1) is 27.1. The molecule has 1 saturated heterocycles. The van der Waals surface area contributed by atoms with Crippen molar-refractivity contribution in [2.75, 3.05) is 18.6 Å². The van der Waals surface area contributed by atoms with Gasteiger partial charge in [-0.3, -0.25) is 14.5 Å². The first-order chi connectivity index (χ1) is 18.9. The van der Waals surface area contributed by atoms with E-state index < -0.39 is 35.0 Å². The summed E-state index contributed by atoms with van der Waals surface area (Å²) in [6.07, 6.45) is 1.43. The summed E-state index contributed by atoms with van der Waals surface area (Å²) in [5.41, 5.74) is 2.49. The Bertz CT molecular complexity index is 1500. The monoisotopic (exact) mass is 610 g/mol. The molecule has 3 aromatic rings. The van der Waals surface area contributed by atoms with Crippen molar-refractivity contribution >= 4 is 69.9 Å². The molecule has 5 heterocycles. The standard InChI is InChI=1S/C21H18N6O8S4/c1-9-12(35-21(31)34-9)3-33-19(30)15-10(5-38-20-22-7-24-39-20)4-37-18-14(17(29)27(15)18)25-16(28)13(26-32-2)11-6-36-8-23-11/h6-8,14,18H,3-5H2,1-2H3,(H,25,28)/b26-13-/t14?,18-/m1/s1. The summed E-state index contributed by atoms with van der Waals surface area (Å²) in [7, 11) is 1.30. The number of aryl methyl sites for hydroxylation is 1. The highest BCUT2D eigenvalue weighted by Gasteiger charge is 2.54. The fourth-order valence-corrected chi connectivity index (χ4v) is 7.16. The molecule has 1 N–H and O–H groups in total. The van der Waals surface area contributed by atoms with Crippen molar-refractivity contribution in [1.82, 2.24) is 24.6 Å². The molecule has 0 saturated carbocycles. The number of oxime groups is 1. The Morgan fingerprint density at radius 1 is 1.31 bits per heavy atom. The third-order valence-corrected chi connectivity index (χ3v) is 9.29. The summed E-state index contributed by atoms with van der Waals surface area (Å²) < 4.78 is 19.8. The van der Waals surface area contributed by atoms with E-state index in [1.807, 2.05) is 0 Å². The molecule has 0 spiro atoms. The number of ether oxygens (including phenoxy) is 1. The van der Waals surface area contributed by atoms with E-state index in [4.69, 9.17) is 18.4 Å². The van der Waals surface area contributed by atoms with Crippen LogP contribution in [0.4, 0.5) is 0 Å². The highest BCUT2D eigenvalue weighted by atomic mass is 32.2. The predicted octanol–water partition coefficient (Wildman–Crippen LogP) is 1.39. The molecule has 0 aromatic carbocycles. The van der Waals surface area contributed by atoms with Crippen LogP contribution < -0.4 is 11.1 Å². The quantitative estimate of drug-likeness (QED) is 0.115. The zero-order valence-electron chi connectivity index (χ0n) is 20.1. The van der Waals surface area contributed by atoms with Crippen LogP contribution in [0.15, 0.2) is 51.6 Å². The summed E-state index contributed by atoms with van der Waals surface area (Å²) in [5.74, 6) is -1.83. The molecule has 2 aliphatic heterocycles. The van der Waals surface area contributed by atoms with Crippen LogP contribution in [0.5, 0.6) is 0 Å². The summed E-state index contributed by atoms with van der Waals surface area (Å²) in [5, 5.41) is 7.50. The number of amides is 2. The Labute approximate surface area is 236 Å². The van der Waals surface area contributed by atoms with Gasteiger partial charge in [-0.1, -0.05) is 16.9 Å². The minimum atomic E-state index is -0.919. The first-order valence-electron chi connectivity index (χ1n) is 11.0.